The molecule has 0 unspecified atom stereocenters. The van der Waals surface area contributed by atoms with Gasteiger partial charge in [0, 0.05) is 38.6 Å². The van der Waals surface area contributed by atoms with Crippen LogP contribution in [0, 0.1) is 5.92 Å². The number of piperidine rings is 1. The topological polar surface area (TPSA) is 57.7 Å². The van der Waals surface area contributed by atoms with E-state index in [4.69, 9.17) is 0 Å². The molecule has 2 saturated heterocycles. The lowest BCUT2D eigenvalue weighted by Gasteiger charge is -2.40. The Morgan fingerprint density at radius 3 is 2.15 bits per heavy atom. The Balaban J connectivity index is 1.78. The van der Waals surface area contributed by atoms with Crippen LogP contribution >= 0.6 is 0 Å². The van der Waals surface area contributed by atoms with Crippen LogP contribution in [0.5, 0.6) is 0 Å². The lowest BCUT2D eigenvalue weighted by molar-refractivity contribution is -0.133. The van der Waals surface area contributed by atoms with Gasteiger partial charge in [-0.3, -0.25) is 9.69 Å². The van der Waals surface area contributed by atoms with Crippen LogP contribution in [0.15, 0.2) is 0 Å². The Kier molecular flexibility index (Phi) is 5.07. The van der Waals surface area contributed by atoms with E-state index < -0.39 is 9.84 Å². The third-order valence-corrected chi connectivity index (χ3v) is 5.90. The van der Waals surface area contributed by atoms with Gasteiger partial charge in [-0.15, -0.1) is 0 Å². The van der Waals surface area contributed by atoms with E-state index in [0.717, 1.165) is 25.9 Å². The molecule has 0 spiro atoms. The van der Waals surface area contributed by atoms with Crippen molar-refractivity contribution in [3.05, 3.63) is 0 Å². The molecule has 6 heteroatoms. The highest BCUT2D eigenvalue weighted by molar-refractivity contribution is 7.91. The number of carbonyl (C=O) groups excluding carboxylic acids is 1. The number of rotatable bonds is 3. The number of amides is 1. The van der Waals surface area contributed by atoms with Gasteiger partial charge in [0.15, 0.2) is 9.84 Å². The summed E-state index contributed by atoms with van der Waals surface area (Å²) in [5.41, 5.74) is 0. The zero-order chi connectivity index (χ0) is 14.8. The maximum absolute atomic E-state index is 12.0. The minimum absolute atomic E-state index is 0.264. The predicted octanol–water partition coefficient (Wildman–Crippen LogP) is 0.754. The zero-order valence-corrected chi connectivity index (χ0v) is 13.4. The van der Waals surface area contributed by atoms with Crippen LogP contribution in [-0.4, -0.2) is 67.9 Å². The number of sulfone groups is 1. The first-order valence-electron chi connectivity index (χ1n) is 7.59. The molecule has 5 nitrogen and oxygen atoms in total. The average molecular weight is 302 g/mol. The largest absolute Gasteiger partial charge is 0.343 e. The van der Waals surface area contributed by atoms with Crippen LogP contribution in [-0.2, 0) is 14.6 Å². The summed E-state index contributed by atoms with van der Waals surface area (Å²) in [4.78, 5) is 16.3. The fraction of sp³-hybridized carbons (Fsp3) is 0.929. The summed E-state index contributed by atoms with van der Waals surface area (Å²) in [7, 11) is -2.80. The monoisotopic (exact) mass is 302 g/mol. The number of hydrogen-bond donors (Lipinski definition) is 0. The predicted molar refractivity (Wildman–Crippen MR) is 79.3 cm³/mol. The molecule has 0 saturated carbocycles. The molecule has 0 atom stereocenters. The molecule has 116 valence electrons. The highest BCUT2D eigenvalue weighted by Gasteiger charge is 2.30. The Hall–Kier alpha value is -0.620. The van der Waals surface area contributed by atoms with Gasteiger partial charge in [0.2, 0.25) is 5.91 Å². The van der Waals surface area contributed by atoms with Crippen molar-refractivity contribution in [1.29, 1.82) is 0 Å². The summed E-state index contributed by atoms with van der Waals surface area (Å²) in [5, 5.41) is 0. The van der Waals surface area contributed by atoms with Gasteiger partial charge in [0.25, 0.3) is 0 Å². The normalized spacial score (nSPS) is 25.1. The van der Waals surface area contributed by atoms with Gasteiger partial charge in [-0.2, -0.15) is 0 Å². The maximum Gasteiger partial charge on any atom is 0.222 e. The Morgan fingerprint density at radius 1 is 1.10 bits per heavy atom. The van der Waals surface area contributed by atoms with E-state index >= 15 is 0 Å². The van der Waals surface area contributed by atoms with E-state index in [-0.39, 0.29) is 5.91 Å². The van der Waals surface area contributed by atoms with Crippen molar-refractivity contribution in [2.45, 2.75) is 39.2 Å². The molecule has 2 aliphatic rings. The van der Waals surface area contributed by atoms with Gasteiger partial charge in [-0.25, -0.2) is 8.42 Å². The molecule has 0 radical (unpaired) electrons. The van der Waals surface area contributed by atoms with Crippen LogP contribution in [0.1, 0.15) is 33.1 Å². The summed E-state index contributed by atoms with van der Waals surface area (Å²) in [6.45, 7) is 7.09. The molecule has 0 aromatic heterocycles. The second-order valence-electron chi connectivity index (χ2n) is 6.40. The smallest absolute Gasteiger partial charge is 0.222 e. The third-order valence-electron chi connectivity index (χ3n) is 4.30. The second kappa shape index (κ2) is 6.43. The van der Waals surface area contributed by atoms with Crippen molar-refractivity contribution in [2.24, 2.45) is 5.92 Å². The summed E-state index contributed by atoms with van der Waals surface area (Å²) >= 11 is 0. The van der Waals surface area contributed by atoms with Crippen molar-refractivity contribution < 1.29 is 13.2 Å². The van der Waals surface area contributed by atoms with Crippen molar-refractivity contribution in [3.63, 3.8) is 0 Å². The Morgan fingerprint density at radius 2 is 1.65 bits per heavy atom. The molecule has 2 fully saturated rings. The minimum atomic E-state index is -2.80. The quantitative estimate of drug-likeness (QED) is 0.772. The Labute approximate surface area is 122 Å². The molecule has 20 heavy (non-hydrogen) atoms. The fourth-order valence-electron chi connectivity index (χ4n) is 3.05. The van der Waals surface area contributed by atoms with Gasteiger partial charge in [-0.05, 0) is 18.8 Å². The van der Waals surface area contributed by atoms with E-state index in [2.05, 4.69) is 18.7 Å². The molecule has 0 aliphatic carbocycles. The van der Waals surface area contributed by atoms with Crippen LogP contribution in [0.4, 0.5) is 0 Å². The number of hydrogen-bond acceptors (Lipinski definition) is 4. The lowest BCUT2D eigenvalue weighted by atomic mass is 10.0. The highest BCUT2D eigenvalue weighted by Crippen LogP contribution is 2.20. The third kappa shape index (κ3) is 4.19. The fourth-order valence-corrected chi connectivity index (χ4v) is 4.28. The Bertz CT molecular complexity index is 425. The molecule has 0 bridgehead atoms. The molecule has 1 amide bonds. The zero-order valence-electron chi connectivity index (χ0n) is 12.5. The molecule has 2 heterocycles. The standard InChI is InChI=1S/C14H26N2O3S/c1-12(2)11-14(17)16-5-3-13(4-6-16)15-7-9-20(18,19)10-8-15/h12-13H,3-11H2,1-2H3. The SMILES string of the molecule is CC(C)CC(=O)N1CCC(N2CCS(=O)(=O)CC2)CC1. The molecule has 0 aromatic carbocycles. The minimum Gasteiger partial charge on any atom is -0.343 e. The van der Waals surface area contributed by atoms with Gasteiger partial charge in [-0.1, -0.05) is 13.8 Å². The number of nitrogens with zero attached hydrogens (tertiary/aromatic N) is 2. The first-order chi connectivity index (χ1) is 9.37. The van der Waals surface area contributed by atoms with Crippen molar-refractivity contribution in [1.82, 2.24) is 9.80 Å². The van der Waals surface area contributed by atoms with E-state index in [9.17, 15) is 13.2 Å². The van der Waals surface area contributed by atoms with E-state index in [1.165, 1.54) is 0 Å². The van der Waals surface area contributed by atoms with Gasteiger partial charge in [0.1, 0.15) is 0 Å². The maximum atomic E-state index is 12.0. The summed E-state index contributed by atoms with van der Waals surface area (Å²) in [5.74, 6) is 1.26. The summed E-state index contributed by atoms with van der Waals surface area (Å²) in [6, 6.07) is 0.452. The second-order valence-corrected chi connectivity index (χ2v) is 8.70. The van der Waals surface area contributed by atoms with Gasteiger partial charge < -0.3 is 4.90 Å². The van der Waals surface area contributed by atoms with E-state index in [0.29, 0.717) is 43.0 Å². The first kappa shape index (κ1) is 15.8. The summed E-state index contributed by atoms with van der Waals surface area (Å²) in [6.07, 6.45) is 2.58. The van der Waals surface area contributed by atoms with Gasteiger partial charge >= 0.3 is 0 Å². The van der Waals surface area contributed by atoms with E-state index in [1.54, 1.807) is 0 Å². The molecule has 2 rings (SSSR count). The number of carbonyl (C=O) groups is 1. The first-order valence-corrected chi connectivity index (χ1v) is 9.42. The van der Waals surface area contributed by atoms with Crippen molar-refractivity contribution >= 4 is 15.7 Å². The van der Waals surface area contributed by atoms with Crippen LogP contribution < -0.4 is 0 Å². The molecular weight excluding hydrogens is 276 g/mol. The van der Waals surface area contributed by atoms with Crippen LogP contribution in [0.25, 0.3) is 0 Å². The lowest BCUT2D eigenvalue weighted by Crippen LogP contribution is -2.51. The highest BCUT2D eigenvalue weighted by atomic mass is 32.2. The van der Waals surface area contributed by atoms with Crippen LogP contribution in [0.3, 0.4) is 0 Å². The average Bonchev–Trinajstić information content (AvgIpc) is 2.38. The van der Waals surface area contributed by atoms with Crippen molar-refractivity contribution in [2.75, 3.05) is 37.7 Å². The van der Waals surface area contributed by atoms with Gasteiger partial charge in [0.05, 0.1) is 11.5 Å². The molecule has 2 aliphatic heterocycles. The van der Waals surface area contributed by atoms with Crippen molar-refractivity contribution in [3.8, 4) is 0 Å². The molecule has 0 aromatic rings. The molecule has 0 N–H and O–H groups in total. The molecular formula is C14H26N2O3S. The number of likely N-dealkylation sites (tertiary alicyclic amines) is 1. The summed E-state index contributed by atoms with van der Waals surface area (Å²) < 4.78 is 22.9. The van der Waals surface area contributed by atoms with E-state index in [1.807, 2.05) is 4.90 Å². The van der Waals surface area contributed by atoms with Crippen LogP contribution in [0.2, 0.25) is 0 Å².